The zero-order valence-corrected chi connectivity index (χ0v) is 12.5. The van der Waals surface area contributed by atoms with Gasteiger partial charge in [0, 0.05) is 22.9 Å². The molecular formula is C15H17ClFN3. The molecule has 0 aliphatic rings. The third-order valence-corrected chi connectivity index (χ3v) is 3.28. The number of rotatable bonds is 2. The molecule has 0 aliphatic heterocycles. The normalized spacial score (nSPS) is 11.7. The Morgan fingerprint density at radius 1 is 1.20 bits per heavy atom. The lowest BCUT2D eigenvalue weighted by Gasteiger charge is -2.18. The van der Waals surface area contributed by atoms with E-state index in [0.717, 1.165) is 11.3 Å². The number of nitrogens with two attached hydrogens (primary N) is 1. The van der Waals surface area contributed by atoms with E-state index in [0.29, 0.717) is 23.1 Å². The summed E-state index contributed by atoms with van der Waals surface area (Å²) >= 11 is 6.02. The van der Waals surface area contributed by atoms with Crippen LogP contribution in [0.1, 0.15) is 37.9 Å². The van der Waals surface area contributed by atoms with Gasteiger partial charge < -0.3 is 5.73 Å². The third-order valence-electron chi connectivity index (χ3n) is 2.92. The number of nitrogens with zero attached hydrogens (tertiary/aromatic N) is 2. The average molecular weight is 294 g/mol. The number of hydrogen-bond acceptors (Lipinski definition) is 3. The summed E-state index contributed by atoms with van der Waals surface area (Å²) in [7, 11) is 0. The van der Waals surface area contributed by atoms with Gasteiger partial charge in [-0.2, -0.15) is 0 Å². The largest absolute Gasteiger partial charge is 0.384 e. The SMILES string of the molecule is CC(C)(C)c1cc(N)nc(Cc2ccc(F)cc2Cl)n1. The van der Waals surface area contributed by atoms with E-state index in [4.69, 9.17) is 17.3 Å². The smallest absolute Gasteiger partial charge is 0.135 e. The second-order valence-electron chi connectivity index (χ2n) is 5.76. The molecule has 0 amide bonds. The highest BCUT2D eigenvalue weighted by atomic mass is 35.5. The number of aromatic nitrogens is 2. The zero-order chi connectivity index (χ0) is 14.9. The molecule has 0 saturated heterocycles. The van der Waals surface area contributed by atoms with Crippen molar-refractivity contribution in [3.05, 3.63) is 52.2 Å². The monoisotopic (exact) mass is 293 g/mol. The molecule has 0 bridgehead atoms. The summed E-state index contributed by atoms with van der Waals surface area (Å²) in [5.74, 6) is 0.657. The fourth-order valence-corrected chi connectivity index (χ4v) is 2.05. The van der Waals surface area contributed by atoms with Gasteiger partial charge in [0.05, 0.1) is 5.69 Å². The van der Waals surface area contributed by atoms with Gasteiger partial charge in [0.25, 0.3) is 0 Å². The minimum absolute atomic E-state index is 0.113. The molecule has 5 heteroatoms. The number of hydrogen-bond donors (Lipinski definition) is 1. The van der Waals surface area contributed by atoms with Gasteiger partial charge in [-0.3, -0.25) is 0 Å². The molecular weight excluding hydrogens is 277 g/mol. The van der Waals surface area contributed by atoms with E-state index < -0.39 is 0 Å². The van der Waals surface area contributed by atoms with Gasteiger partial charge in [-0.25, -0.2) is 14.4 Å². The van der Waals surface area contributed by atoms with Gasteiger partial charge in [-0.05, 0) is 17.7 Å². The second kappa shape index (κ2) is 5.37. The predicted molar refractivity (Wildman–Crippen MR) is 79.4 cm³/mol. The molecule has 106 valence electrons. The van der Waals surface area contributed by atoms with Crippen LogP contribution in [-0.4, -0.2) is 9.97 Å². The van der Waals surface area contributed by atoms with Gasteiger partial charge in [0.2, 0.25) is 0 Å². The predicted octanol–water partition coefficient (Wildman–Crippen LogP) is 3.74. The highest BCUT2D eigenvalue weighted by Gasteiger charge is 2.17. The Bertz CT molecular complexity index is 636. The van der Waals surface area contributed by atoms with Crippen LogP contribution in [0.15, 0.2) is 24.3 Å². The van der Waals surface area contributed by atoms with Crippen molar-refractivity contribution in [2.75, 3.05) is 5.73 Å². The summed E-state index contributed by atoms with van der Waals surface area (Å²) in [5, 5.41) is 0.369. The summed E-state index contributed by atoms with van der Waals surface area (Å²) in [6, 6.07) is 6.07. The van der Waals surface area contributed by atoms with Crippen LogP contribution in [0, 0.1) is 5.82 Å². The van der Waals surface area contributed by atoms with E-state index in [1.54, 1.807) is 12.1 Å². The van der Waals surface area contributed by atoms with Crippen LogP contribution in [0.25, 0.3) is 0 Å². The molecule has 3 nitrogen and oxygen atoms in total. The first kappa shape index (κ1) is 14.7. The number of halogens is 2. The van der Waals surface area contributed by atoms with Gasteiger partial charge in [-0.15, -0.1) is 0 Å². The summed E-state index contributed by atoms with van der Waals surface area (Å²) in [5.41, 5.74) is 7.36. The minimum Gasteiger partial charge on any atom is -0.384 e. The molecule has 0 saturated carbocycles. The van der Waals surface area contributed by atoms with Crippen molar-refractivity contribution in [3.63, 3.8) is 0 Å². The van der Waals surface area contributed by atoms with Gasteiger partial charge in [-0.1, -0.05) is 38.4 Å². The lowest BCUT2D eigenvalue weighted by molar-refractivity contribution is 0.563. The van der Waals surface area contributed by atoms with Crippen molar-refractivity contribution in [1.82, 2.24) is 9.97 Å². The number of nitrogen functional groups attached to an aromatic ring is 1. The first-order chi connectivity index (χ1) is 9.25. The minimum atomic E-state index is -0.359. The lowest BCUT2D eigenvalue weighted by atomic mass is 9.92. The molecule has 0 atom stereocenters. The van der Waals surface area contributed by atoms with E-state index in [9.17, 15) is 4.39 Å². The summed E-state index contributed by atoms with van der Waals surface area (Å²) in [6.07, 6.45) is 0.424. The number of benzene rings is 1. The van der Waals surface area contributed by atoms with Crippen LogP contribution in [0.2, 0.25) is 5.02 Å². The van der Waals surface area contributed by atoms with E-state index in [2.05, 4.69) is 30.7 Å². The quantitative estimate of drug-likeness (QED) is 0.917. The Hall–Kier alpha value is -1.68. The first-order valence-corrected chi connectivity index (χ1v) is 6.71. The van der Waals surface area contributed by atoms with Crippen molar-refractivity contribution in [3.8, 4) is 0 Å². The van der Waals surface area contributed by atoms with Gasteiger partial charge in [0.1, 0.15) is 17.5 Å². The standard InChI is InChI=1S/C15H17ClFN3/c1-15(2,3)12-8-13(18)20-14(19-12)6-9-4-5-10(17)7-11(9)16/h4-5,7-8H,6H2,1-3H3,(H2,18,19,20). The summed E-state index contributed by atoms with van der Waals surface area (Å²) in [4.78, 5) is 8.74. The summed E-state index contributed by atoms with van der Waals surface area (Å²) in [6.45, 7) is 6.18. The van der Waals surface area contributed by atoms with Crippen molar-refractivity contribution in [2.24, 2.45) is 0 Å². The van der Waals surface area contributed by atoms with E-state index in [1.165, 1.54) is 12.1 Å². The van der Waals surface area contributed by atoms with E-state index >= 15 is 0 Å². The van der Waals surface area contributed by atoms with Crippen LogP contribution in [0.5, 0.6) is 0 Å². The third kappa shape index (κ3) is 3.45. The zero-order valence-electron chi connectivity index (χ0n) is 11.7. The molecule has 0 aliphatic carbocycles. The maximum absolute atomic E-state index is 13.0. The first-order valence-electron chi connectivity index (χ1n) is 6.33. The molecule has 0 spiro atoms. The number of anilines is 1. The Balaban J connectivity index is 2.36. The second-order valence-corrected chi connectivity index (χ2v) is 6.16. The van der Waals surface area contributed by atoms with Crippen LogP contribution in [-0.2, 0) is 11.8 Å². The Morgan fingerprint density at radius 3 is 2.50 bits per heavy atom. The maximum Gasteiger partial charge on any atom is 0.135 e. The molecule has 20 heavy (non-hydrogen) atoms. The van der Waals surface area contributed by atoms with Crippen LogP contribution < -0.4 is 5.73 Å². The Morgan fingerprint density at radius 2 is 1.90 bits per heavy atom. The van der Waals surface area contributed by atoms with Crippen molar-refractivity contribution in [1.29, 1.82) is 0 Å². The molecule has 1 aromatic heterocycles. The Labute approximate surface area is 123 Å². The highest BCUT2D eigenvalue weighted by Crippen LogP contribution is 2.24. The van der Waals surface area contributed by atoms with Crippen molar-refractivity contribution in [2.45, 2.75) is 32.6 Å². The average Bonchev–Trinajstić information content (AvgIpc) is 2.31. The van der Waals surface area contributed by atoms with E-state index in [1.807, 2.05) is 0 Å². The lowest BCUT2D eigenvalue weighted by Crippen LogP contribution is -2.16. The fraction of sp³-hybridized carbons (Fsp3) is 0.333. The van der Waals surface area contributed by atoms with Gasteiger partial charge >= 0.3 is 0 Å². The van der Waals surface area contributed by atoms with Crippen LogP contribution in [0.4, 0.5) is 10.2 Å². The molecule has 0 fully saturated rings. The Kier molecular flexibility index (Phi) is 3.95. The van der Waals surface area contributed by atoms with Crippen LogP contribution >= 0.6 is 11.6 Å². The molecule has 0 unspecified atom stereocenters. The van der Waals surface area contributed by atoms with Crippen LogP contribution in [0.3, 0.4) is 0 Å². The molecule has 2 rings (SSSR count). The molecule has 2 N–H and O–H groups in total. The summed E-state index contributed by atoms with van der Waals surface area (Å²) < 4.78 is 13.0. The molecule has 1 aromatic carbocycles. The molecule has 1 heterocycles. The van der Waals surface area contributed by atoms with Crippen molar-refractivity contribution < 1.29 is 4.39 Å². The van der Waals surface area contributed by atoms with E-state index in [-0.39, 0.29) is 11.2 Å². The maximum atomic E-state index is 13.0. The topological polar surface area (TPSA) is 51.8 Å². The van der Waals surface area contributed by atoms with Gasteiger partial charge in [0.15, 0.2) is 0 Å². The fourth-order valence-electron chi connectivity index (χ4n) is 1.82. The molecule has 2 aromatic rings. The van der Waals surface area contributed by atoms with Crippen molar-refractivity contribution >= 4 is 17.4 Å². The molecule has 0 radical (unpaired) electrons. The highest BCUT2D eigenvalue weighted by molar-refractivity contribution is 6.31.